The average Bonchev–Trinajstić information content (AvgIpc) is 2.63. The summed E-state index contributed by atoms with van der Waals surface area (Å²) in [5.41, 5.74) is 2.91. The van der Waals surface area contributed by atoms with Gasteiger partial charge in [0.25, 0.3) is 0 Å². The van der Waals surface area contributed by atoms with Crippen LogP contribution in [0, 0.1) is 0 Å². The quantitative estimate of drug-likeness (QED) is 0.759. The van der Waals surface area contributed by atoms with Crippen molar-refractivity contribution >= 4 is 17.4 Å². The average molecular weight is 357 g/mol. The predicted octanol–water partition coefficient (Wildman–Crippen LogP) is 3.52. The highest BCUT2D eigenvalue weighted by Crippen LogP contribution is 2.28. The second kappa shape index (κ2) is 9.56. The maximum absolute atomic E-state index is 12.0. The van der Waals surface area contributed by atoms with Gasteiger partial charge in [-0.15, -0.1) is 0 Å². The Labute approximate surface area is 155 Å². The Kier molecular flexibility index (Phi) is 7.14. The van der Waals surface area contributed by atoms with Crippen LogP contribution in [-0.2, 0) is 6.42 Å². The Balaban J connectivity index is 1.82. The second-order valence-corrected chi connectivity index (χ2v) is 5.99. The fraction of sp³-hybridized carbons (Fsp3) is 0.350. The molecule has 2 rings (SSSR count). The Morgan fingerprint density at radius 3 is 2.42 bits per heavy atom. The summed E-state index contributed by atoms with van der Waals surface area (Å²) in [6.07, 6.45) is 0.704. The lowest BCUT2D eigenvalue weighted by Crippen LogP contribution is -2.30. The lowest BCUT2D eigenvalue weighted by atomic mass is 10.1. The zero-order valence-corrected chi connectivity index (χ0v) is 15.8. The number of nitrogens with zero attached hydrogens (tertiary/aromatic N) is 1. The third-order valence-corrected chi connectivity index (χ3v) is 3.87. The van der Waals surface area contributed by atoms with Gasteiger partial charge in [-0.3, -0.25) is 0 Å². The van der Waals surface area contributed by atoms with Crippen molar-refractivity contribution in [2.75, 3.05) is 44.6 Å². The van der Waals surface area contributed by atoms with Crippen molar-refractivity contribution in [2.45, 2.75) is 13.3 Å². The van der Waals surface area contributed by atoms with Gasteiger partial charge in [0, 0.05) is 32.0 Å². The topological polar surface area (TPSA) is 62.8 Å². The van der Waals surface area contributed by atoms with Crippen LogP contribution in [0.4, 0.5) is 16.2 Å². The smallest absolute Gasteiger partial charge is 0.319 e. The van der Waals surface area contributed by atoms with Crippen LogP contribution in [0.25, 0.3) is 0 Å². The number of urea groups is 1. The van der Waals surface area contributed by atoms with Crippen LogP contribution in [0.15, 0.2) is 42.5 Å². The number of rotatable bonds is 8. The summed E-state index contributed by atoms with van der Waals surface area (Å²) in [5.74, 6) is 1.43. The van der Waals surface area contributed by atoms with E-state index in [4.69, 9.17) is 9.47 Å². The molecule has 2 N–H and O–H groups in total. The SMILES string of the molecule is CCOc1ccc(CCNC(=O)Nc2ccc(N(C)C)cc2)cc1OC. The molecular weight excluding hydrogens is 330 g/mol. The van der Waals surface area contributed by atoms with Gasteiger partial charge in [-0.1, -0.05) is 6.07 Å². The number of carbonyl (C=O) groups is 1. The zero-order chi connectivity index (χ0) is 18.9. The lowest BCUT2D eigenvalue weighted by Gasteiger charge is -2.13. The molecule has 0 bridgehead atoms. The van der Waals surface area contributed by atoms with E-state index in [1.165, 1.54) is 0 Å². The molecule has 26 heavy (non-hydrogen) atoms. The summed E-state index contributed by atoms with van der Waals surface area (Å²) in [5, 5.41) is 5.69. The maximum atomic E-state index is 12.0. The fourth-order valence-corrected chi connectivity index (χ4v) is 2.48. The van der Waals surface area contributed by atoms with Crippen LogP contribution in [0.3, 0.4) is 0 Å². The lowest BCUT2D eigenvalue weighted by molar-refractivity contribution is 0.252. The summed E-state index contributed by atoms with van der Waals surface area (Å²) in [6, 6.07) is 13.3. The van der Waals surface area contributed by atoms with Crippen molar-refractivity contribution in [2.24, 2.45) is 0 Å². The number of carbonyl (C=O) groups excluding carboxylic acids is 1. The van der Waals surface area contributed by atoms with Gasteiger partial charge in [0.05, 0.1) is 13.7 Å². The van der Waals surface area contributed by atoms with E-state index in [0.717, 1.165) is 22.7 Å². The minimum absolute atomic E-state index is 0.222. The Bertz CT molecular complexity index is 715. The van der Waals surface area contributed by atoms with Crippen molar-refractivity contribution < 1.29 is 14.3 Å². The molecule has 0 aromatic heterocycles. The van der Waals surface area contributed by atoms with E-state index in [-0.39, 0.29) is 6.03 Å². The van der Waals surface area contributed by atoms with Crippen LogP contribution in [0.5, 0.6) is 11.5 Å². The number of anilines is 2. The van der Waals surface area contributed by atoms with Crippen molar-refractivity contribution in [3.63, 3.8) is 0 Å². The van der Waals surface area contributed by atoms with Gasteiger partial charge in [-0.05, 0) is 55.3 Å². The van der Waals surface area contributed by atoms with E-state index in [9.17, 15) is 4.79 Å². The molecule has 0 fully saturated rings. The number of benzene rings is 2. The number of hydrogen-bond acceptors (Lipinski definition) is 4. The van der Waals surface area contributed by atoms with Crippen molar-refractivity contribution in [3.8, 4) is 11.5 Å². The van der Waals surface area contributed by atoms with Gasteiger partial charge in [0.15, 0.2) is 11.5 Å². The predicted molar refractivity (Wildman–Crippen MR) is 106 cm³/mol. The molecule has 140 valence electrons. The van der Waals surface area contributed by atoms with E-state index >= 15 is 0 Å². The highest BCUT2D eigenvalue weighted by Gasteiger charge is 2.06. The first-order valence-corrected chi connectivity index (χ1v) is 8.65. The van der Waals surface area contributed by atoms with Crippen LogP contribution < -0.4 is 25.0 Å². The van der Waals surface area contributed by atoms with Crippen LogP contribution in [0.2, 0.25) is 0 Å². The number of hydrogen-bond donors (Lipinski definition) is 2. The minimum atomic E-state index is -0.222. The molecule has 0 radical (unpaired) electrons. The standard InChI is InChI=1S/C20H27N3O3/c1-5-26-18-11-6-15(14-19(18)25-4)12-13-21-20(24)22-16-7-9-17(10-8-16)23(2)3/h6-11,14H,5,12-13H2,1-4H3,(H2,21,22,24). The fourth-order valence-electron chi connectivity index (χ4n) is 2.48. The summed E-state index contributed by atoms with van der Waals surface area (Å²) < 4.78 is 10.9. The van der Waals surface area contributed by atoms with Gasteiger partial charge in [0.1, 0.15) is 0 Å². The molecule has 6 nitrogen and oxygen atoms in total. The van der Waals surface area contributed by atoms with Gasteiger partial charge in [-0.25, -0.2) is 4.79 Å². The number of methoxy groups -OCH3 is 1. The summed E-state index contributed by atoms with van der Waals surface area (Å²) in [7, 11) is 5.57. The van der Waals surface area contributed by atoms with E-state index in [1.807, 2.05) is 68.4 Å². The first-order chi connectivity index (χ1) is 12.5. The molecule has 2 amide bonds. The van der Waals surface area contributed by atoms with Crippen LogP contribution in [0.1, 0.15) is 12.5 Å². The molecule has 0 spiro atoms. The van der Waals surface area contributed by atoms with E-state index in [2.05, 4.69) is 10.6 Å². The van der Waals surface area contributed by atoms with Crippen molar-refractivity contribution in [3.05, 3.63) is 48.0 Å². The number of nitrogens with one attached hydrogen (secondary N) is 2. The Hall–Kier alpha value is -2.89. The molecule has 6 heteroatoms. The summed E-state index contributed by atoms with van der Waals surface area (Å²) in [4.78, 5) is 14.0. The second-order valence-electron chi connectivity index (χ2n) is 5.99. The molecular formula is C20H27N3O3. The molecule has 0 unspecified atom stereocenters. The Morgan fingerprint density at radius 2 is 1.81 bits per heavy atom. The number of amides is 2. The number of ether oxygens (including phenoxy) is 2. The zero-order valence-electron chi connectivity index (χ0n) is 15.8. The van der Waals surface area contributed by atoms with Crippen molar-refractivity contribution in [1.82, 2.24) is 5.32 Å². The third kappa shape index (κ3) is 5.58. The maximum Gasteiger partial charge on any atom is 0.319 e. The molecule has 2 aromatic rings. The van der Waals surface area contributed by atoms with Gasteiger partial charge >= 0.3 is 6.03 Å². The Morgan fingerprint density at radius 1 is 1.08 bits per heavy atom. The monoisotopic (exact) mass is 357 g/mol. The molecule has 0 saturated carbocycles. The minimum Gasteiger partial charge on any atom is -0.493 e. The molecule has 0 aliphatic heterocycles. The van der Waals surface area contributed by atoms with Gasteiger partial charge in [-0.2, -0.15) is 0 Å². The summed E-state index contributed by atoms with van der Waals surface area (Å²) in [6.45, 7) is 3.05. The largest absolute Gasteiger partial charge is 0.493 e. The van der Waals surface area contributed by atoms with E-state index in [1.54, 1.807) is 7.11 Å². The molecule has 0 heterocycles. The first-order valence-electron chi connectivity index (χ1n) is 8.65. The van der Waals surface area contributed by atoms with E-state index in [0.29, 0.717) is 25.3 Å². The molecule has 0 aliphatic rings. The highest BCUT2D eigenvalue weighted by atomic mass is 16.5. The van der Waals surface area contributed by atoms with Crippen LogP contribution >= 0.6 is 0 Å². The normalized spacial score (nSPS) is 10.2. The van der Waals surface area contributed by atoms with Gasteiger partial charge in [0.2, 0.25) is 0 Å². The molecule has 0 atom stereocenters. The van der Waals surface area contributed by atoms with Gasteiger partial charge < -0.3 is 25.0 Å². The highest BCUT2D eigenvalue weighted by molar-refractivity contribution is 5.89. The molecule has 0 aliphatic carbocycles. The first kappa shape index (κ1) is 19.4. The van der Waals surface area contributed by atoms with E-state index < -0.39 is 0 Å². The molecule has 0 saturated heterocycles. The van der Waals surface area contributed by atoms with Crippen LogP contribution in [-0.4, -0.2) is 40.4 Å². The van der Waals surface area contributed by atoms with Crippen molar-refractivity contribution in [1.29, 1.82) is 0 Å². The third-order valence-electron chi connectivity index (χ3n) is 3.87. The molecule has 2 aromatic carbocycles. The summed E-state index contributed by atoms with van der Waals surface area (Å²) >= 11 is 0.